The van der Waals surface area contributed by atoms with Crippen LogP contribution in [0.2, 0.25) is 5.28 Å². The van der Waals surface area contributed by atoms with Crippen molar-refractivity contribution in [2.75, 3.05) is 43.6 Å². The number of nitrogens with zero attached hydrogens (tertiary/aromatic N) is 5. The van der Waals surface area contributed by atoms with Crippen LogP contribution < -0.4 is 15.8 Å². The Balaban J connectivity index is 1.71. The Kier molecular flexibility index (Phi) is 9.26. The number of halogens is 2. The third-order valence-corrected chi connectivity index (χ3v) is 7.04. The van der Waals surface area contributed by atoms with E-state index in [9.17, 15) is 14.8 Å². The van der Waals surface area contributed by atoms with E-state index < -0.39 is 17.6 Å². The highest BCUT2D eigenvalue weighted by Gasteiger charge is 2.31. The number of piperazine rings is 1. The molecule has 0 aromatic carbocycles. The van der Waals surface area contributed by atoms with Crippen molar-refractivity contribution in [2.45, 2.75) is 52.0 Å². The summed E-state index contributed by atoms with van der Waals surface area (Å²) in [6.07, 6.45) is 5.00. The summed E-state index contributed by atoms with van der Waals surface area (Å²) in [5, 5.41) is 9.95. The zero-order valence-electron chi connectivity index (χ0n) is 20.0. The van der Waals surface area contributed by atoms with E-state index in [-0.39, 0.29) is 35.9 Å². The molecule has 2 fully saturated rings. The van der Waals surface area contributed by atoms with Gasteiger partial charge in [0, 0.05) is 25.7 Å². The number of hydrogen-bond acceptors (Lipinski definition) is 8. The van der Waals surface area contributed by atoms with E-state index in [1.165, 1.54) is 0 Å². The summed E-state index contributed by atoms with van der Waals surface area (Å²) >= 11 is 6.09. The Morgan fingerprint density at radius 3 is 2.68 bits per heavy atom. The van der Waals surface area contributed by atoms with Crippen LogP contribution in [0.5, 0.6) is 0 Å². The number of anilines is 2. The average Bonchev–Trinajstić information content (AvgIpc) is 3.32. The fourth-order valence-electron chi connectivity index (χ4n) is 4.92. The molecule has 34 heavy (non-hydrogen) atoms. The summed E-state index contributed by atoms with van der Waals surface area (Å²) in [5.74, 6) is -1.27. The van der Waals surface area contributed by atoms with Gasteiger partial charge >= 0.3 is 0 Å². The number of nitrogens with one attached hydrogen (secondary N) is 2. The molecule has 3 N–H and O–H groups in total. The molecule has 1 aromatic rings. The van der Waals surface area contributed by atoms with Gasteiger partial charge in [-0.25, -0.2) is 5.06 Å². The summed E-state index contributed by atoms with van der Waals surface area (Å²) in [5.41, 5.74) is 5.01. The van der Waals surface area contributed by atoms with Gasteiger partial charge in [0.15, 0.2) is 11.6 Å². The molecule has 1 saturated heterocycles. The fraction of sp³-hybridized carbons (Fsp3) is 0.727. The first-order chi connectivity index (χ1) is 16.2. The molecule has 2 atom stereocenters. The second kappa shape index (κ2) is 11.9. The molecule has 12 heteroatoms. The fourth-order valence-corrected chi connectivity index (χ4v) is 5.08. The number of carbonyl (C=O) groups is 2. The lowest BCUT2D eigenvalue weighted by Crippen LogP contribution is -2.54. The van der Waals surface area contributed by atoms with Gasteiger partial charge in [-0.2, -0.15) is 14.4 Å². The Morgan fingerprint density at radius 2 is 2.03 bits per heavy atom. The summed E-state index contributed by atoms with van der Waals surface area (Å²) in [4.78, 5) is 35.8. The molecule has 0 bridgehead atoms. The van der Waals surface area contributed by atoms with Crippen molar-refractivity contribution in [3.63, 3.8) is 0 Å². The first-order valence-corrected chi connectivity index (χ1v) is 12.2. The Morgan fingerprint density at radius 1 is 1.32 bits per heavy atom. The molecule has 0 radical (unpaired) electrons. The van der Waals surface area contributed by atoms with Crippen molar-refractivity contribution in [3.8, 4) is 0 Å². The van der Waals surface area contributed by atoms with Crippen LogP contribution in [0.3, 0.4) is 0 Å². The van der Waals surface area contributed by atoms with Gasteiger partial charge in [0.2, 0.25) is 23.4 Å². The highest BCUT2D eigenvalue weighted by Crippen LogP contribution is 2.31. The number of likely N-dealkylation sites (N-methyl/N-ethyl adjacent to an activating group) is 1. The Hall–Kier alpha value is -2.24. The van der Waals surface area contributed by atoms with Crippen molar-refractivity contribution in [1.82, 2.24) is 25.4 Å². The van der Waals surface area contributed by atoms with Gasteiger partial charge in [-0.15, -0.1) is 0 Å². The highest BCUT2D eigenvalue weighted by atomic mass is 35.5. The molecule has 0 spiro atoms. The van der Waals surface area contributed by atoms with Gasteiger partial charge in [-0.3, -0.25) is 30.5 Å². The maximum absolute atomic E-state index is 15.4. The molecule has 1 aliphatic heterocycles. The summed E-state index contributed by atoms with van der Waals surface area (Å²) in [6, 6.07) is 0.230. The van der Waals surface area contributed by atoms with Crippen LogP contribution in [0.1, 0.15) is 46.0 Å². The summed E-state index contributed by atoms with van der Waals surface area (Å²) in [6.45, 7) is 6.01. The SMILES string of the molecule is CC(C)[C@H]1CN(c2nc(Cl)nc(NNC(=O)[C@H](CC3CCCC3)CN(O)C=O)c2F)CCN1C. The number of hydroxylamine groups is 2. The number of hydrogen-bond donors (Lipinski definition) is 3. The van der Waals surface area contributed by atoms with Gasteiger partial charge in [0.05, 0.1) is 12.5 Å². The summed E-state index contributed by atoms with van der Waals surface area (Å²) in [7, 11) is 2.05. The maximum atomic E-state index is 15.4. The van der Waals surface area contributed by atoms with E-state index in [2.05, 4.69) is 39.6 Å². The van der Waals surface area contributed by atoms with Crippen LogP contribution >= 0.6 is 11.6 Å². The lowest BCUT2D eigenvalue weighted by Gasteiger charge is -2.42. The topological polar surface area (TPSA) is 114 Å². The maximum Gasteiger partial charge on any atom is 0.243 e. The van der Waals surface area contributed by atoms with Gasteiger partial charge in [0.1, 0.15) is 0 Å². The van der Waals surface area contributed by atoms with Crippen molar-refractivity contribution >= 4 is 35.6 Å². The standard InChI is InChI=1S/C22H35ClFN7O3/c1-14(2)17-12-30(9-8-29(17)3)20-18(24)19(25-22(23)26-20)27-28-21(33)16(11-31(34)13-32)10-15-6-4-5-7-15/h13-17,34H,4-12H2,1-3H3,(H,28,33)(H,25,26,27)/t16-,17-/m1/s1. The molecule has 1 saturated carbocycles. The van der Waals surface area contributed by atoms with Crippen LogP contribution in [-0.2, 0) is 9.59 Å². The van der Waals surface area contributed by atoms with Gasteiger partial charge < -0.3 is 4.90 Å². The molecular weight excluding hydrogens is 465 g/mol. The Bertz CT molecular complexity index is 856. The van der Waals surface area contributed by atoms with Gasteiger partial charge in [0.25, 0.3) is 0 Å². The van der Waals surface area contributed by atoms with Crippen LogP contribution in [0.25, 0.3) is 0 Å². The third-order valence-electron chi connectivity index (χ3n) is 6.87. The molecule has 190 valence electrons. The zero-order valence-corrected chi connectivity index (χ0v) is 20.8. The molecule has 1 aromatic heterocycles. The minimum absolute atomic E-state index is 0.0838. The van der Waals surface area contributed by atoms with Crippen molar-refractivity contribution in [2.24, 2.45) is 17.8 Å². The second-order valence-electron chi connectivity index (χ2n) is 9.64. The molecule has 2 heterocycles. The van der Waals surface area contributed by atoms with E-state index in [0.29, 0.717) is 36.4 Å². The van der Waals surface area contributed by atoms with E-state index >= 15 is 4.39 Å². The molecule has 0 unspecified atom stereocenters. The highest BCUT2D eigenvalue weighted by molar-refractivity contribution is 6.28. The van der Waals surface area contributed by atoms with E-state index in [4.69, 9.17) is 11.6 Å². The number of rotatable bonds is 10. The first-order valence-electron chi connectivity index (χ1n) is 11.8. The van der Waals surface area contributed by atoms with Gasteiger partial charge in [-0.1, -0.05) is 39.5 Å². The largest absolute Gasteiger partial charge is 0.351 e. The second-order valence-corrected chi connectivity index (χ2v) is 9.98. The van der Waals surface area contributed by atoms with Crippen molar-refractivity contribution < 1.29 is 19.2 Å². The predicted molar refractivity (Wildman–Crippen MR) is 127 cm³/mol. The molecule has 2 amide bonds. The molecule has 10 nitrogen and oxygen atoms in total. The number of carbonyl (C=O) groups excluding carboxylic acids is 2. The van der Waals surface area contributed by atoms with Crippen LogP contribution in [0.15, 0.2) is 0 Å². The quantitative estimate of drug-likeness (QED) is 0.195. The monoisotopic (exact) mass is 499 g/mol. The minimum Gasteiger partial charge on any atom is -0.351 e. The molecular formula is C22H35ClFN7O3. The normalized spacial score (nSPS) is 20.4. The third kappa shape index (κ3) is 6.67. The summed E-state index contributed by atoms with van der Waals surface area (Å²) < 4.78 is 15.4. The van der Waals surface area contributed by atoms with E-state index in [0.717, 1.165) is 32.2 Å². The smallest absolute Gasteiger partial charge is 0.243 e. The zero-order chi connectivity index (χ0) is 24.8. The van der Waals surface area contributed by atoms with Crippen molar-refractivity contribution in [1.29, 1.82) is 0 Å². The van der Waals surface area contributed by atoms with E-state index in [1.54, 1.807) is 0 Å². The molecule has 1 aliphatic carbocycles. The Labute approximate surface area is 204 Å². The van der Waals surface area contributed by atoms with E-state index in [1.807, 2.05) is 11.9 Å². The molecule has 3 rings (SSSR count). The van der Waals surface area contributed by atoms with Crippen LogP contribution in [0, 0.1) is 23.6 Å². The van der Waals surface area contributed by atoms with Crippen LogP contribution in [0.4, 0.5) is 16.0 Å². The van der Waals surface area contributed by atoms with Crippen LogP contribution in [-0.4, -0.2) is 76.7 Å². The van der Waals surface area contributed by atoms with Gasteiger partial charge in [-0.05, 0) is 36.9 Å². The lowest BCUT2D eigenvalue weighted by molar-refractivity contribution is -0.154. The predicted octanol–water partition coefficient (Wildman–Crippen LogP) is 2.53. The number of aromatic nitrogens is 2. The first kappa shape index (κ1) is 26.4. The number of hydrazine groups is 1. The number of amides is 2. The van der Waals surface area contributed by atoms with Crippen molar-refractivity contribution in [3.05, 3.63) is 11.1 Å². The average molecular weight is 500 g/mol. The lowest BCUT2D eigenvalue weighted by atomic mass is 9.92. The minimum atomic E-state index is -0.708. The molecule has 2 aliphatic rings.